The van der Waals surface area contributed by atoms with Crippen LogP contribution in [0.1, 0.15) is 38.5 Å². The maximum Gasteiger partial charge on any atom is 0.307 e. The lowest BCUT2D eigenvalue weighted by molar-refractivity contribution is -0.141. The number of carboxylic acid groups (broad SMARTS) is 1. The number of sulfonamides is 1. The quantitative estimate of drug-likeness (QED) is 0.792. The fourth-order valence-corrected chi connectivity index (χ4v) is 6.07. The van der Waals surface area contributed by atoms with Crippen LogP contribution in [0.5, 0.6) is 0 Å². The van der Waals surface area contributed by atoms with Gasteiger partial charge >= 0.3 is 5.97 Å². The van der Waals surface area contributed by atoms with Gasteiger partial charge in [0.2, 0.25) is 10.0 Å². The summed E-state index contributed by atoms with van der Waals surface area (Å²) in [5.41, 5.74) is 0. The van der Waals surface area contributed by atoms with Crippen molar-refractivity contribution in [3.63, 3.8) is 0 Å². The fraction of sp³-hybridized carbons (Fsp3) is 0.929. The molecule has 3 unspecified atom stereocenters. The van der Waals surface area contributed by atoms with Crippen molar-refractivity contribution in [2.75, 3.05) is 19.8 Å². The van der Waals surface area contributed by atoms with Gasteiger partial charge in [0.05, 0.1) is 17.8 Å². The Balaban J connectivity index is 1.78. The van der Waals surface area contributed by atoms with Crippen LogP contribution in [0.15, 0.2) is 0 Å². The van der Waals surface area contributed by atoms with Crippen LogP contribution in [0, 0.1) is 11.8 Å². The molecule has 3 atom stereocenters. The standard InChI is InChI=1S/C14H23NO5S/c16-14(17)12-2-1-3-13(12)21(18,19)15(11-4-5-11)8-10-6-7-20-9-10/h10-13H,1-9H2,(H,16,17). The molecule has 2 aliphatic carbocycles. The fourth-order valence-electron chi connectivity index (χ4n) is 3.54. The molecule has 0 aromatic rings. The highest BCUT2D eigenvalue weighted by atomic mass is 32.2. The predicted molar refractivity (Wildman–Crippen MR) is 76.3 cm³/mol. The van der Waals surface area contributed by atoms with Gasteiger partial charge in [0.15, 0.2) is 0 Å². The zero-order chi connectivity index (χ0) is 15.0. The van der Waals surface area contributed by atoms with E-state index in [1.165, 1.54) is 0 Å². The first-order valence-electron chi connectivity index (χ1n) is 7.81. The van der Waals surface area contributed by atoms with Crippen LogP contribution >= 0.6 is 0 Å². The summed E-state index contributed by atoms with van der Waals surface area (Å²) in [6, 6.07) is 0.0886. The zero-order valence-corrected chi connectivity index (χ0v) is 12.9. The highest BCUT2D eigenvalue weighted by molar-refractivity contribution is 7.89. The van der Waals surface area contributed by atoms with Crippen LogP contribution in [0.25, 0.3) is 0 Å². The van der Waals surface area contributed by atoms with Crippen molar-refractivity contribution in [2.45, 2.75) is 49.8 Å². The molecular weight excluding hydrogens is 294 g/mol. The second-order valence-corrected chi connectivity index (χ2v) is 8.59. The maximum absolute atomic E-state index is 12.9. The normalized spacial score (nSPS) is 33.7. The number of nitrogens with zero attached hydrogens (tertiary/aromatic N) is 1. The van der Waals surface area contributed by atoms with E-state index in [-0.39, 0.29) is 12.0 Å². The van der Waals surface area contributed by atoms with Gasteiger partial charge in [-0.2, -0.15) is 4.31 Å². The van der Waals surface area contributed by atoms with Crippen molar-refractivity contribution in [1.29, 1.82) is 0 Å². The summed E-state index contributed by atoms with van der Waals surface area (Å²) in [5.74, 6) is -1.46. The Bertz CT molecular complexity index is 495. The number of ether oxygens (including phenoxy) is 1. The molecule has 21 heavy (non-hydrogen) atoms. The second kappa shape index (κ2) is 5.85. The van der Waals surface area contributed by atoms with E-state index in [1.54, 1.807) is 4.31 Å². The monoisotopic (exact) mass is 317 g/mol. The van der Waals surface area contributed by atoms with Crippen molar-refractivity contribution >= 4 is 16.0 Å². The molecule has 1 aliphatic heterocycles. The summed E-state index contributed by atoms with van der Waals surface area (Å²) in [7, 11) is -3.52. The predicted octanol–water partition coefficient (Wildman–Crippen LogP) is 1.07. The number of rotatable bonds is 6. The molecule has 1 saturated heterocycles. The van der Waals surface area contributed by atoms with Gasteiger partial charge in [-0.25, -0.2) is 8.42 Å². The van der Waals surface area contributed by atoms with Crippen molar-refractivity contribution in [3.8, 4) is 0 Å². The van der Waals surface area contributed by atoms with Gasteiger partial charge in [-0.05, 0) is 38.0 Å². The summed E-state index contributed by atoms with van der Waals surface area (Å²) in [5, 5.41) is 8.53. The topological polar surface area (TPSA) is 83.9 Å². The smallest absolute Gasteiger partial charge is 0.307 e. The minimum Gasteiger partial charge on any atom is -0.481 e. The SMILES string of the molecule is O=C(O)C1CCCC1S(=O)(=O)N(CC1CCOC1)C1CC1. The highest BCUT2D eigenvalue weighted by Gasteiger charge is 2.48. The third-order valence-electron chi connectivity index (χ3n) is 4.90. The number of carboxylic acids is 1. The second-order valence-electron chi connectivity index (χ2n) is 6.49. The first-order valence-corrected chi connectivity index (χ1v) is 9.31. The average molecular weight is 317 g/mol. The number of hydrogen-bond acceptors (Lipinski definition) is 4. The molecule has 3 rings (SSSR count). The van der Waals surface area contributed by atoms with Gasteiger partial charge in [0.25, 0.3) is 0 Å². The summed E-state index contributed by atoms with van der Waals surface area (Å²) in [6.45, 7) is 1.81. The average Bonchev–Trinajstić information content (AvgIpc) is 2.95. The van der Waals surface area contributed by atoms with E-state index in [9.17, 15) is 18.3 Å². The lowest BCUT2D eigenvalue weighted by Crippen LogP contribution is -2.45. The lowest BCUT2D eigenvalue weighted by atomic mass is 10.1. The van der Waals surface area contributed by atoms with E-state index >= 15 is 0 Å². The van der Waals surface area contributed by atoms with Crippen LogP contribution in [0.2, 0.25) is 0 Å². The van der Waals surface area contributed by atoms with E-state index < -0.39 is 27.2 Å². The summed E-state index contributed by atoms with van der Waals surface area (Å²) in [6.07, 6.45) is 4.33. The molecule has 1 N–H and O–H groups in total. The van der Waals surface area contributed by atoms with Gasteiger partial charge in [0.1, 0.15) is 0 Å². The summed E-state index contributed by atoms with van der Waals surface area (Å²) in [4.78, 5) is 11.3. The van der Waals surface area contributed by atoms with Gasteiger partial charge in [-0.1, -0.05) is 6.42 Å². The molecule has 6 nitrogen and oxygen atoms in total. The highest BCUT2D eigenvalue weighted by Crippen LogP contribution is 2.38. The van der Waals surface area contributed by atoms with E-state index in [0.29, 0.717) is 39.0 Å². The third kappa shape index (κ3) is 3.10. The van der Waals surface area contributed by atoms with E-state index in [4.69, 9.17) is 4.74 Å². The minimum absolute atomic E-state index is 0.0886. The van der Waals surface area contributed by atoms with Crippen molar-refractivity contribution in [2.24, 2.45) is 11.8 Å². The van der Waals surface area contributed by atoms with Crippen LogP contribution in [0.3, 0.4) is 0 Å². The molecule has 0 radical (unpaired) electrons. The summed E-state index contributed by atoms with van der Waals surface area (Å²) < 4.78 is 32.8. The van der Waals surface area contributed by atoms with Gasteiger partial charge in [-0.15, -0.1) is 0 Å². The van der Waals surface area contributed by atoms with Crippen LogP contribution in [0.4, 0.5) is 0 Å². The molecule has 3 aliphatic rings. The summed E-state index contributed by atoms with van der Waals surface area (Å²) >= 11 is 0. The van der Waals surface area contributed by atoms with Crippen molar-refractivity contribution in [1.82, 2.24) is 4.31 Å². The molecule has 0 aromatic heterocycles. The molecule has 1 heterocycles. The molecule has 0 spiro atoms. The largest absolute Gasteiger partial charge is 0.481 e. The van der Waals surface area contributed by atoms with E-state index in [2.05, 4.69) is 0 Å². The van der Waals surface area contributed by atoms with Gasteiger partial charge in [0, 0.05) is 19.2 Å². The van der Waals surface area contributed by atoms with Crippen LogP contribution < -0.4 is 0 Å². The molecule has 2 saturated carbocycles. The molecule has 7 heteroatoms. The lowest BCUT2D eigenvalue weighted by Gasteiger charge is -2.29. The Morgan fingerprint density at radius 1 is 1.19 bits per heavy atom. The Morgan fingerprint density at radius 2 is 1.95 bits per heavy atom. The Morgan fingerprint density at radius 3 is 2.52 bits per heavy atom. The molecule has 3 fully saturated rings. The number of hydrogen-bond donors (Lipinski definition) is 1. The zero-order valence-electron chi connectivity index (χ0n) is 12.1. The van der Waals surface area contributed by atoms with Gasteiger partial charge in [-0.3, -0.25) is 4.79 Å². The number of aliphatic carboxylic acids is 1. The Kier molecular flexibility index (Phi) is 4.25. The van der Waals surface area contributed by atoms with Crippen LogP contribution in [-0.4, -0.2) is 54.8 Å². The van der Waals surface area contributed by atoms with Crippen molar-refractivity contribution < 1.29 is 23.1 Å². The number of carbonyl (C=O) groups is 1. The first-order chi connectivity index (χ1) is 10.00. The maximum atomic E-state index is 12.9. The molecule has 0 aromatic carbocycles. The Labute approximate surface area is 125 Å². The van der Waals surface area contributed by atoms with Crippen LogP contribution in [-0.2, 0) is 19.6 Å². The third-order valence-corrected chi connectivity index (χ3v) is 7.33. The van der Waals surface area contributed by atoms with E-state index in [0.717, 1.165) is 19.3 Å². The molecular formula is C14H23NO5S. The van der Waals surface area contributed by atoms with Gasteiger partial charge < -0.3 is 9.84 Å². The minimum atomic E-state index is -3.52. The van der Waals surface area contributed by atoms with E-state index in [1.807, 2.05) is 0 Å². The molecule has 120 valence electrons. The first kappa shape index (κ1) is 15.2. The molecule has 0 bridgehead atoms. The molecule has 0 amide bonds. The van der Waals surface area contributed by atoms with Crippen molar-refractivity contribution in [3.05, 3.63) is 0 Å². The Hall–Kier alpha value is -0.660.